The maximum absolute atomic E-state index is 12.1. The van der Waals surface area contributed by atoms with Gasteiger partial charge >= 0.3 is 12.1 Å². The second-order valence-electron chi connectivity index (χ2n) is 8.63. The fraction of sp³-hybridized carbons (Fsp3) is 0.440. The zero-order valence-electron chi connectivity index (χ0n) is 19.2. The molecule has 0 aliphatic rings. The molecule has 0 fully saturated rings. The Balaban J connectivity index is 1.56. The second-order valence-corrected chi connectivity index (χ2v) is 8.63. The molecule has 0 aliphatic carbocycles. The second kappa shape index (κ2) is 12.8. The molecule has 4 N–H and O–H groups in total. The maximum Gasteiger partial charge on any atom is 0.407 e. The Hall–Kier alpha value is -2.90. The molecule has 174 valence electrons. The van der Waals surface area contributed by atoms with Crippen molar-refractivity contribution in [1.82, 2.24) is 10.6 Å². The Bertz CT molecular complexity index is 833. The van der Waals surface area contributed by atoms with Gasteiger partial charge in [0.05, 0.1) is 0 Å². The molecule has 0 aromatic heterocycles. The Kier molecular flexibility index (Phi) is 10.2. The molecule has 0 aliphatic heterocycles. The fourth-order valence-electron chi connectivity index (χ4n) is 2.92. The SMILES string of the molecule is CC(C)(C)OC(=O)C(N)c1ccc(CNCCCCNC(=O)OCc2ccccc2)cc1. The summed E-state index contributed by atoms with van der Waals surface area (Å²) in [6.07, 6.45) is 1.39. The first-order chi connectivity index (χ1) is 15.2. The van der Waals surface area contributed by atoms with E-state index in [0.717, 1.165) is 36.1 Å². The van der Waals surface area contributed by atoms with Crippen LogP contribution in [-0.2, 0) is 27.4 Å². The van der Waals surface area contributed by atoms with Gasteiger partial charge in [-0.2, -0.15) is 0 Å². The highest BCUT2D eigenvalue weighted by Crippen LogP contribution is 2.17. The number of hydrogen-bond donors (Lipinski definition) is 3. The highest BCUT2D eigenvalue weighted by molar-refractivity contribution is 5.77. The van der Waals surface area contributed by atoms with Crippen molar-refractivity contribution in [2.24, 2.45) is 5.73 Å². The largest absolute Gasteiger partial charge is 0.459 e. The summed E-state index contributed by atoms with van der Waals surface area (Å²) in [5.74, 6) is -0.430. The number of rotatable bonds is 11. The zero-order chi connectivity index (χ0) is 23.4. The van der Waals surface area contributed by atoms with Gasteiger partial charge in [0.15, 0.2) is 0 Å². The van der Waals surface area contributed by atoms with Crippen LogP contribution >= 0.6 is 0 Å². The van der Waals surface area contributed by atoms with Gasteiger partial charge in [-0.15, -0.1) is 0 Å². The van der Waals surface area contributed by atoms with E-state index in [2.05, 4.69) is 10.6 Å². The molecule has 0 saturated carbocycles. The molecular formula is C25H35N3O4. The fourth-order valence-corrected chi connectivity index (χ4v) is 2.92. The predicted molar refractivity (Wildman–Crippen MR) is 125 cm³/mol. The minimum absolute atomic E-state index is 0.274. The van der Waals surface area contributed by atoms with E-state index in [0.29, 0.717) is 13.1 Å². The lowest BCUT2D eigenvalue weighted by Crippen LogP contribution is -2.31. The quantitative estimate of drug-likeness (QED) is 0.362. The van der Waals surface area contributed by atoms with E-state index < -0.39 is 23.7 Å². The van der Waals surface area contributed by atoms with E-state index in [1.165, 1.54) is 0 Å². The number of benzene rings is 2. The van der Waals surface area contributed by atoms with Crippen molar-refractivity contribution in [1.29, 1.82) is 0 Å². The highest BCUT2D eigenvalue weighted by Gasteiger charge is 2.23. The summed E-state index contributed by atoms with van der Waals surface area (Å²) in [6, 6.07) is 16.4. The highest BCUT2D eigenvalue weighted by atomic mass is 16.6. The normalized spacial score (nSPS) is 12.1. The third-order valence-electron chi connectivity index (χ3n) is 4.59. The van der Waals surface area contributed by atoms with Crippen molar-refractivity contribution in [3.63, 3.8) is 0 Å². The third kappa shape index (κ3) is 9.94. The molecule has 7 nitrogen and oxygen atoms in total. The van der Waals surface area contributed by atoms with Gasteiger partial charge in [-0.1, -0.05) is 54.6 Å². The predicted octanol–water partition coefficient (Wildman–Crippen LogP) is 3.82. The van der Waals surface area contributed by atoms with Crippen LogP contribution in [0.5, 0.6) is 0 Å². The Morgan fingerprint density at radius 1 is 0.938 bits per heavy atom. The molecule has 1 atom stereocenters. The lowest BCUT2D eigenvalue weighted by molar-refractivity contribution is -0.156. The van der Waals surface area contributed by atoms with Crippen molar-refractivity contribution in [3.05, 3.63) is 71.3 Å². The topological polar surface area (TPSA) is 103 Å². The Labute approximate surface area is 190 Å². The van der Waals surface area contributed by atoms with Crippen LogP contribution in [0.2, 0.25) is 0 Å². The molecule has 1 unspecified atom stereocenters. The van der Waals surface area contributed by atoms with Gasteiger partial charge in [-0.3, -0.25) is 0 Å². The van der Waals surface area contributed by atoms with Gasteiger partial charge in [0.2, 0.25) is 0 Å². The number of ether oxygens (including phenoxy) is 2. The monoisotopic (exact) mass is 441 g/mol. The van der Waals surface area contributed by atoms with Crippen LogP contribution in [0.25, 0.3) is 0 Å². The number of alkyl carbamates (subject to hydrolysis) is 1. The molecule has 0 heterocycles. The zero-order valence-corrected chi connectivity index (χ0v) is 19.2. The Morgan fingerprint density at radius 3 is 2.25 bits per heavy atom. The van der Waals surface area contributed by atoms with Crippen LogP contribution < -0.4 is 16.4 Å². The Morgan fingerprint density at radius 2 is 1.59 bits per heavy atom. The lowest BCUT2D eigenvalue weighted by atomic mass is 10.0. The van der Waals surface area contributed by atoms with E-state index in [9.17, 15) is 9.59 Å². The third-order valence-corrected chi connectivity index (χ3v) is 4.59. The first-order valence-electron chi connectivity index (χ1n) is 11.0. The average Bonchev–Trinajstić information content (AvgIpc) is 2.76. The molecule has 2 aromatic rings. The molecule has 32 heavy (non-hydrogen) atoms. The molecule has 7 heteroatoms. The van der Waals surface area contributed by atoms with E-state index in [1.54, 1.807) is 0 Å². The van der Waals surface area contributed by atoms with Gasteiger partial charge in [0.25, 0.3) is 0 Å². The van der Waals surface area contributed by atoms with Crippen LogP contribution in [0.4, 0.5) is 4.79 Å². The van der Waals surface area contributed by atoms with Crippen LogP contribution in [0.3, 0.4) is 0 Å². The molecule has 0 saturated heterocycles. The minimum atomic E-state index is -0.789. The molecule has 2 rings (SSSR count). The number of carbonyl (C=O) groups is 2. The van der Waals surface area contributed by atoms with Gasteiger partial charge in [0, 0.05) is 13.1 Å². The first kappa shape index (κ1) is 25.4. The van der Waals surface area contributed by atoms with Crippen molar-refractivity contribution in [3.8, 4) is 0 Å². The summed E-state index contributed by atoms with van der Waals surface area (Å²) in [4.78, 5) is 23.8. The number of amides is 1. The van der Waals surface area contributed by atoms with Gasteiger partial charge < -0.3 is 25.8 Å². The van der Waals surface area contributed by atoms with Gasteiger partial charge in [-0.05, 0) is 56.8 Å². The van der Waals surface area contributed by atoms with E-state index in [4.69, 9.17) is 15.2 Å². The van der Waals surface area contributed by atoms with Crippen LogP contribution in [0.15, 0.2) is 54.6 Å². The first-order valence-corrected chi connectivity index (χ1v) is 11.0. The van der Waals surface area contributed by atoms with Crippen molar-refractivity contribution in [2.75, 3.05) is 13.1 Å². The molecule has 0 bridgehead atoms. The van der Waals surface area contributed by atoms with Crippen LogP contribution in [-0.4, -0.2) is 30.8 Å². The van der Waals surface area contributed by atoms with Crippen molar-refractivity contribution < 1.29 is 19.1 Å². The number of nitrogens with two attached hydrogens (primary N) is 1. The van der Waals surface area contributed by atoms with Crippen molar-refractivity contribution in [2.45, 2.75) is 58.4 Å². The summed E-state index contributed by atoms with van der Waals surface area (Å²) in [5, 5.41) is 6.13. The molecular weight excluding hydrogens is 406 g/mol. The summed E-state index contributed by atoms with van der Waals surface area (Å²) in [6.45, 7) is 7.86. The minimum Gasteiger partial charge on any atom is -0.459 e. The smallest absolute Gasteiger partial charge is 0.407 e. The summed E-state index contributed by atoms with van der Waals surface area (Å²) < 4.78 is 10.5. The van der Waals surface area contributed by atoms with Gasteiger partial charge in [-0.25, -0.2) is 9.59 Å². The number of nitrogens with one attached hydrogen (secondary N) is 2. The van der Waals surface area contributed by atoms with E-state index in [1.807, 2.05) is 75.4 Å². The molecule has 0 spiro atoms. The van der Waals surface area contributed by atoms with E-state index >= 15 is 0 Å². The molecule has 2 aromatic carbocycles. The van der Waals surface area contributed by atoms with Crippen LogP contribution in [0, 0.1) is 0 Å². The average molecular weight is 442 g/mol. The number of unbranched alkanes of at least 4 members (excludes halogenated alkanes) is 1. The van der Waals surface area contributed by atoms with Crippen LogP contribution in [0.1, 0.15) is 56.3 Å². The van der Waals surface area contributed by atoms with Gasteiger partial charge in [0.1, 0.15) is 18.2 Å². The maximum atomic E-state index is 12.1. The molecule has 0 radical (unpaired) electrons. The number of esters is 1. The number of carbonyl (C=O) groups excluding carboxylic acids is 2. The van der Waals surface area contributed by atoms with E-state index in [-0.39, 0.29) is 6.61 Å². The standard InChI is InChI=1S/C25H35N3O4/c1-25(2,3)32-23(29)22(26)21-13-11-19(12-14-21)17-27-15-7-8-16-28-24(30)31-18-20-9-5-4-6-10-20/h4-6,9-14,22,27H,7-8,15-18,26H2,1-3H3,(H,28,30). The van der Waals surface area contributed by atoms with Crippen molar-refractivity contribution >= 4 is 12.1 Å². The summed E-state index contributed by atoms with van der Waals surface area (Å²) in [5.41, 5.74) is 8.24. The summed E-state index contributed by atoms with van der Waals surface area (Å²) in [7, 11) is 0. The number of hydrogen-bond acceptors (Lipinski definition) is 6. The lowest BCUT2D eigenvalue weighted by Gasteiger charge is -2.22. The summed E-state index contributed by atoms with van der Waals surface area (Å²) >= 11 is 0. The molecule has 1 amide bonds.